The Morgan fingerprint density at radius 1 is 1.23 bits per heavy atom. The first-order chi connectivity index (χ1) is 10.2. The molecule has 0 aliphatic carbocycles. The molecular weight excluding hydrogens is 300 g/mol. The van der Waals surface area contributed by atoms with Gasteiger partial charge in [-0.3, -0.25) is 9.69 Å². The molecule has 2 aromatic rings. The smallest absolute Gasteiger partial charge is 0.252 e. The van der Waals surface area contributed by atoms with Crippen LogP contribution in [0.1, 0.15) is 19.4 Å². The minimum Gasteiger partial charge on any atom is -0.322 e. The standard InChI is InChI=1S/C16H22N2O3S/c1-11(12(2)22(4,20)21)18(3)10-14-9-13-7-5-6-8-15(13)17-16(14)19/h5-9,11-12H,10H2,1-4H3,(H,17,19)/t11-,12-/m0/s1. The molecule has 0 fully saturated rings. The number of benzene rings is 1. The van der Waals surface area contributed by atoms with Crippen LogP contribution in [0.25, 0.3) is 10.9 Å². The van der Waals surface area contributed by atoms with Gasteiger partial charge in [0.15, 0.2) is 9.84 Å². The molecule has 0 aliphatic heterocycles. The van der Waals surface area contributed by atoms with E-state index in [9.17, 15) is 13.2 Å². The van der Waals surface area contributed by atoms with Gasteiger partial charge in [-0.05, 0) is 38.4 Å². The van der Waals surface area contributed by atoms with E-state index in [0.717, 1.165) is 10.9 Å². The van der Waals surface area contributed by atoms with E-state index in [4.69, 9.17) is 0 Å². The van der Waals surface area contributed by atoms with Crippen LogP contribution >= 0.6 is 0 Å². The van der Waals surface area contributed by atoms with Crippen molar-refractivity contribution in [3.8, 4) is 0 Å². The summed E-state index contributed by atoms with van der Waals surface area (Å²) >= 11 is 0. The molecule has 1 N–H and O–H groups in total. The highest BCUT2D eigenvalue weighted by Gasteiger charge is 2.25. The molecule has 1 aromatic carbocycles. The molecule has 6 heteroatoms. The number of hydrogen-bond donors (Lipinski definition) is 1. The fourth-order valence-corrected chi connectivity index (χ4v) is 3.36. The molecular formula is C16H22N2O3S. The molecule has 2 atom stereocenters. The Balaban J connectivity index is 2.27. The summed E-state index contributed by atoms with van der Waals surface area (Å²) in [6.07, 6.45) is 1.24. The number of sulfone groups is 1. The Morgan fingerprint density at radius 2 is 1.86 bits per heavy atom. The number of fused-ring (bicyclic) bond motifs is 1. The van der Waals surface area contributed by atoms with E-state index in [1.54, 1.807) is 6.92 Å². The van der Waals surface area contributed by atoms with Crippen molar-refractivity contribution in [1.82, 2.24) is 9.88 Å². The Bertz CT molecular complexity index is 827. The second kappa shape index (κ2) is 6.22. The third-order valence-electron chi connectivity index (χ3n) is 4.30. The summed E-state index contributed by atoms with van der Waals surface area (Å²) in [4.78, 5) is 16.9. The van der Waals surface area contributed by atoms with Crippen molar-refractivity contribution in [2.24, 2.45) is 0 Å². The third-order valence-corrected chi connectivity index (χ3v) is 6.04. The average Bonchev–Trinajstić information content (AvgIpc) is 2.45. The summed E-state index contributed by atoms with van der Waals surface area (Å²) < 4.78 is 23.4. The molecule has 0 unspecified atom stereocenters. The van der Waals surface area contributed by atoms with Gasteiger partial charge in [0.05, 0.1) is 5.25 Å². The van der Waals surface area contributed by atoms with E-state index in [0.29, 0.717) is 12.1 Å². The van der Waals surface area contributed by atoms with Crippen molar-refractivity contribution in [3.05, 3.63) is 46.2 Å². The molecule has 2 rings (SSSR count). The maximum Gasteiger partial charge on any atom is 0.252 e. The van der Waals surface area contributed by atoms with Crippen LogP contribution in [-0.2, 0) is 16.4 Å². The monoisotopic (exact) mass is 322 g/mol. The second-order valence-electron chi connectivity index (χ2n) is 5.90. The molecule has 0 saturated carbocycles. The largest absolute Gasteiger partial charge is 0.322 e. The van der Waals surface area contributed by atoms with Crippen LogP contribution < -0.4 is 5.56 Å². The molecule has 0 spiro atoms. The summed E-state index contributed by atoms with van der Waals surface area (Å²) in [5.74, 6) is 0. The molecule has 1 aromatic heterocycles. The van der Waals surface area contributed by atoms with E-state index in [-0.39, 0.29) is 11.6 Å². The Hall–Kier alpha value is -1.66. The zero-order valence-corrected chi connectivity index (χ0v) is 14.1. The summed E-state index contributed by atoms with van der Waals surface area (Å²) in [6.45, 7) is 3.96. The van der Waals surface area contributed by atoms with E-state index in [1.165, 1.54) is 6.26 Å². The predicted octanol–water partition coefficient (Wildman–Crippen LogP) is 1.78. The molecule has 22 heavy (non-hydrogen) atoms. The number of nitrogens with one attached hydrogen (secondary N) is 1. The molecule has 0 amide bonds. The highest BCUT2D eigenvalue weighted by atomic mass is 32.2. The van der Waals surface area contributed by atoms with Crippen LogP contribution in [0.3, 0.4) is 0 Å². The lowest BCUT2D eigenvalue weighted by molar-refractivity contribution is 0.244. The van der Waals surface area contributed by atoms with Crippen molar-refractivity contribution in [3.63, 3.8) is 0 Å². The second-order valence-corrected chi connectivity index (χ2v) is 8.30. The molecule has 1 heterocycles. The number of H-pyrrole nitrogens is 1. The van der Waals surface area contributed by atoms with Gasteiger partial charge in [0.25, 0.3) is 5.56 Å². The number of para-hydroxylation sites is 1. The van der Waals surface area contributed by atoms with Crippen LogP contribution in [0.4, 0.5) is 0 Å². The summed E-state index contributed by atoms with van der Waals surface area (Å²) in [6, 6.07) is 9.28. The maximum atomic E-state index is 12.2. The fraction of sp³-hybridized carbons (Fsp3) is 0.438. The molecule has 0 bridgehead atoms. The van der Waals surface area contributed by atoms with Crippen LogP contribution in [0.15, 0.2) is 35.1 Å². The third kappa shape index (κ3) is 3.56. The number of rotatable bonds is 5. The van der Waals surface area contributed by atoms with Gasteiger partial charge >= 0.3 is 0 Å². The van der Waals surface area contributed by atoms with Crippen molar-refractivity contribution in [1.29, 1.82) is 0 Å². The number of nitrogens with zero attached hydrogens (tertiary/aromatic N) is 1. The lowest BCUT2D eigenvalue weighted by atomic mass is 10.1. The van der Waals surface area contributed by atoms with Gasteiger partial charge in [0.1, 0.15) is 0 Å². The lowest BCUT2D eigenvalue weighted by Crippen LogP contribution is -2.41. The lowest BCUT2D eigenvalue weighted by Gasteiger charge is -2.28. The first kappa shape index (κ1) is 16.7. The number of aromatic nitrogens is 1. The van der Waals surface area contributed by atoms with Gasteiger partial charge in [-0.1, -0.05) is 18.2 Å². The van der Waals surface area contributed by atoms with Gasteiger partial charge in [0, 0.05) is 29.9 Å². The fourth-order valence-electron chi connectivity index (χ4n) is 2.44. The van der Waals surface area contributed by atoms with Gasteiger partial charge in [0.2, 0.25) is 0 Å². The molecule has 0 radical (unpaired) electrons. The van der Waals surface area contributed by atoms with Crippen LogP contribution in [-0.4, -0.2) is 42.9 Å². The van der Waals surface area contributed by atoms with E-state index in [2.05, 4.69) is 4.98 Å². The number of aromatic amines is 1. The zero-order chi connectivity index (χ0) is 16.5. The predicted molar refractivity (Wildman–Crippen MR) is 89.8 cm³/mol. The zero-order valence-electron chi connectivity index (χ0n) is 13.3. The maximum absolute atomic E-state index is 12.2. The summed E-state index contributed by atoms with van der Waals surface area (Å²) in [5.41, 5.74) is 1.30. The summed E-state index contributed by atoms with van der Waals surface area (Å²) in [7, 11) is -1.28. The van der Waals surface area contributed by atoms with Crippen LogP contribution in [0.2, 0.25) is 0 Å². The highest BCUT2D eigenvalue weighted by molar-refractivity contribution is 7.91. The normalized spacial score (nSPS) is 15.1. The van der Waals surface area contributed by atoms with E-state index < -0.39 is 15.1 Å². The van der Waals surface area contributed by atoms with Gasteiger partial charge in [-0.15, -0.1) is 0 Å². The first-order valence-electron chi connectivity index (χ1n) is 7.20. The van der Waals surface area contributed by atoms with Crippen molar-refractivity contribution < 1.29 is 8.42 Å². The average molecular weight is 322 g/mol. The first-order valence-corrected chi connectivity index (χ1v) is 9.15. The Labute approximate surface area is 130 Å². The highest BCUT2D eigenvalue weighted by Crippen LogP contribution is 2.14. The summed E-state index contributed by atoms with van der Waals surface area (Å²) in [5, 5.41) is 0.478. The van der Waals surface area contributed by atoms with Crippen LogP contribution in [0.5, 0.6) is 0 Å². The minimum atomic E-state index is -3.11. The van der Waals surface area contributed by atoms with E-state index >= 15 is 0 Å². The molecule has 0 aliphatic rings. The molecule has 5 nitrogen and oxygen atoms in total. The SMILES string of the molecule is C[C@@H]([C@H](C)S(C)(=O)=O)N(C)Cc1cc2ccccc2[nH]c1=O. The van der Waals surface area contributed by atoms with Gasteiger partial charge in [-0.2, -0.15) is 0 Å². The van der Waals surface area contributed by atoms with Crippen molar-refractivity contribution >= 4 is 20.7 Å². The minimum absolute atomic E-state index is 0.134. The topological polar surface area (TPSA) is 70.2 Å². The van der Waals surface area contributed by atoms with Crippen molar-refractivity contribution in [2.75, 3.05) is 13.3 Å². The number of hydrogen-bond acceptors (Lipinski definition) is 4. The molecule has 0 saturated heterocycles. The number of pyridine rings is 1. The van der Waals surface area contributed by atoms with Crippen LogP contribution in [0, 0.1) is 0 Å². The van der Waals surface area contributed by atoms with Gasteiger partial charge in [-0.25, -0.2) is 8.42 Å². The van der Waals surface area contributed by atoms with Gasteiger partial charge < -0.3 is 4.98 Å². The molecule has 120 valence electrons. The quantitative estimate of drug-likeness (QED) is 0.911. The Morgan fingerprint density at radius 3 is 2.50 bits per heavy atom. The Kier molecular flexibility index (Phi) is 4.72. The van der Waals surface area contributed by atoms with Crippen molar-refractivity contribution in [2.45, 2.75) is 31.7 Å². The van der Waals surface area contributed by atoms with E-state index in [1.807, 2.05) is 49.2 Å².